The van der Waals surface area contributed by atoms with Gasteiger partial charge in [-0.1, -0.05) is 23.7 Å². The summed E-state index contributed by atoms with van der Waals surface area (Å²) in [4.78, 5) is 10.9. The summed E-state index contributed by atoms with van der Waals surface area (Å²) in [5, 5.41) is 18.6. The molecule has 0 saturated carbocycles. The van der Waals surface area contributed by atoms with Crippen molar-refractivity contribution in [2.24, 2.45) is 5.10 Å². The van der Waals surface area contributed by atoms with Crippen molar-refractivity contribution in [3.05, 3.63) is 98.6 Å². The Bertz CT molecular complexity index is 1200. The average Bonchev–Trinajstić information content (AvgIpc) is 3.24. The number of benzene rings is 3. The quantitative estimate of drug-likeness (QED) is 0.399. The Morgan fingerprint density at radius 3 is 2.71 bits per heavy atom. The standard InChI is InChI=1S/C23H18ClN3O4/c1-30-18-8-5-14(6-9-18)20-13-21-19-12-16(24)7-10-22(19)31-23(26(21)25-20)15-3-2-4-17(11-15)27(28)29/h2-12,21,23H,13H2,1H3/t21-,23-/m1/s1. The maximum atomic E-state index is 11.3. The van der Waals surface area contributed by atoms with E-state index in [0.717, 1.165) is 22.6 Å². The Hall–Kier alpha value is -3.58. The van der Waals surface area contributed by atoms with E-state index in [2.05, 4.69) is 0 Å². The summed E-state index contributed by atoms with van der Waals surface area (Å²) in [6, 6.07) is 19.6. The number of nitrogens with zero attached hydrogens (tertiary/aromatic N) is 3. The van der Waals surface area contributed by atoms with Crippen LogP contribution in [0.15, 0.2) is 71.8 Å². The average molecular weight is 436 g/mol. The zero-order valence-electron chi connectivity index (χ0n) is 16.6. The van der Waals surface area contributed by atoms with Crippen LogP contribution in [0.2, 0.25) is 5.02 Å². The second kappa shape index (κ2) is 7.59. The van der Waals surface area contributed by atoms with E-state index in [1.807, 2.05) is 47.5 Å². The fourth-order valence-electron chi connectivity index (χ4n) is 4.03. The Morgan fingerprint density at radius 1 is 1.16 bits per heavy atom. The van der Waals surface area contributed by atoms with Crippen LogP contribution in [0.4, 0.5) is 5.69 Å². The molecule has 0 aromatic heterocycles. The topological polar surface area (TPSA) is 77.2 Å². The first kappa shape index (κ1) is 19.4. The van der Waals surface area contributed by atoms with Crippen LogP contribution in [-0.2, 0) is 0 Å². The van der Waals surface area contributed by atoms with Gasteiger partial charge in [-0.25, -0.2) is 5.01 Å². The van der Waals surface area contributed by atoms with Crippen LogP contribution in [-0.4, -0.2) is 22.8 Å². The number of rotatable bonds is 4. The van der Waals surface area contributed by atoms with Crippen molar-refractivity contribution < 1.29 is 14.4 Å². The van der Waals surface area contributed by atoms with Crippen LogP contribution in [0.25, 0.3) is 0 Å². The van der Waals surface area contributed by atoms with Gasteiger partial charge in [-0.3, -0.25) is 10.1 Å². The molecule has 3 aromatic carbocycles. The van der Waals surface area contributed by atoms with Crippen molar-refractivity contribution in [2.75, 3.05) is 7.11 Å². The number of hydrogen-bond donors (Lipinski definition) is 0. The molecule has 2 aliphatic heterocycles. The number of ether oxygens (including phenoxy) is 2. The van der Waals surface area contributed by atoms with Gasteiger partial charge >= 0.3 is 0 Å². The lowest BCUT2D eigenvalue weighted by atomic mass is 9.96. The maximum absolute atomic E-state index is 11.3. The van der Waals surface area contributed by atoms with E-state index in [-0.39, 0.29) is 11.7 Å². The van der Waals surface area contributed by atoms with Gasteiger partial charge in [-0.15, -0.1) is 0 Å². The highest BCUT2D eigenvalue weighted by Crippen LogP contribution is 2.48. The third kappa shape index (κ3) is 3.47. The molecule has 8 heteroatoms. The molecule has 2 atom stereocenters. The van der Waals surface area contributed by atoms with E-state index in [0.29, 0.717) is 22.8 Å². The van der Waals surface area contributed by atoms with Crippen molar-refractivity contribution in [1.29, 1.82) is 0 Å². The van der Waals surface area contributed by atoms with Crippen LogP contribution >= 0.6 is 11.6 Å². The highest BCUT2D eigenvalue weighted by atomic mass is 35.5. The highest BCUT2D eigenvalue weighted by Gasteiger charge is 2.41. The molecule has 2 aliphatic rings. The van der Waals surface area contributed by atoms with E-state index in [1.165, 1.54) is 12.1 Å². The first-order valence-corrected chi connectivity index (χ1v) is 10.1. The van der Waals surface area contributed by atoms with E-state index in [9.17, 15) is 10.1 Å². The number of hydrazone groups is 1. The second-order valence-electron chi connectivity index (χ2n) is 7.38. The summed E-state index contributed by atoms with van der Waals surface area (Å²) < 4.78 is 11.5. The van der Waals surface area contributed by atoms with Crippen LogP contribution in [0.5, 0.6) is 11.5 Å². The molecule has 0 amide bonds. The number of nitro groups is 1. The van der Waals surface area contributed by atoms with Gasteiger partial charge in [-0.2, -0.15) is 5.10 Å². The summed E-state index contributed by atoms with van der Waals surface area (Å²) in [6.45, 7) is 0. The lowest BCUT2D eigenvalue weighted by Crippen LogP contribution is -2.33. The third-order valence-electron chi connectivity index (χ3n) is 5.54. The molecule has 5 rings (SSSR count). The number of non-ortho nitro benzene ring substituents is 1. The molecular formula is C23H18ClN3O4. The number of halogens is 1. The molecule has 0 spiro atoms. The summed E-state index contributed by atoms with van der Waals surface area (Å²) in [6.07, 6.45) is 0.0726. The zero-order chi connectivity index (χ0) is 21.5. The minimum Gasteiger partial charge on any atom is -0.497 e. The van der Waals surface area contributed by atoms with Crippen molar-refractivity contribution in [1.82, 2.24) is 5.01 Å². The number of hydrogen-bond acceptors (Lipinski definition) is 6. The van der Waals surface area contributed by atoms with Gasteiger partial charge < -0.3 is 9.47 Å². The minimum absolute atomic E-state index is 0.0121. The number of fused-ring (bicyclic) bond motifs is 3. The predicted molar refractivity (Wildman–Crippen MR) is 117 cm³/mol. The molecule has 156 valence electrons. The van der Waals surface area contributed by atoms with E-state index < -0.39 is 11.2 Å². The Morgan fingerprint density at radius 2 is 1.97 bits per heavy atom. The molecule has 7 nitrogen and oxygen atoms in total. The van der Waals surface area contributed by atoms with Crippen LogP contribution in [0.1, 0.15) is 35.4 Å². The first-order chi connectivity index (χ1) is 15.0. The molecule has 3 aromatic rings. The lowest BCUT2D eigenvalue weighted by molar-refractivity contribution is -0.385. The van der Waals surface area contributed by atoms with Gasteiger partial charge in [0, 0.05) is 34.7 Å². The summed E-state index contributed by atoms with van der Waals surface area (Å²) in [5.74, 6) is 1.48. The zero-order valence-corrected chi connectivity index (χ0v) is 17.3. The molecular weight excluding hydrogens is 418 g/mol. The van der Waals surface area contributed by atoms with E-state index in [1.54, 1.807) is 19.2 Å². The Labute approximate surface area is 183 Å². The fourth-order valence-corrected chi connectivity index (χ4v) is 4.21. The smallest absolute Gasteiger partial charge is 0.269 e. The fraction of sp³-hybridized carbons (Fsp3) is 0.174. The van der Waals surface area contributed by atoms with E-state index in [4.69, 9.17) is 26.2 Å². The molecule has 0 saturated heterocycles. The first-order valence-electron chi connectivity index (χ1n) is 9.74. The molecule has 0 aliphatic carbocycles. The van der Waals surface area contributed by atoms with Crippen molar-refractivity contribution in [3.63, 3.8) is 0 Å². The molecule has 0 unspecified atom stereocenters. The monoisotopic (exact) mass is 435 g/mol. The highest BCUT2D eigenvalue weighted by molar-refractivity contribution is 6.30. The van der Waals surface area contributed by atoms with Gasteiger partial charge in [0.1, 0.15) is 11.5 Å². The second-order valence-corrected chi connectivity index (χ2v) is 7.82. The number of nitro benzene ring substituents is 1. The summed E-state index contributed by atoms with van der Waals surface area (Å²) in [7, 11) is 1.63. The van der Waals surface area contributed by atoms with Gasteiger partial charge in [0.2, 0.25) is 6.23 Å². The lowest BCUT2D eigenvalue weighted by Gasteiger charge is -2.38. The maximum Gasteiger partial charge on any atom is 0.269 e. The van der Waals surface area contributed by atoms with Gasteiger partial charge in [0.05, 0.1) is 23.8 Å². The summed E-state index contributed by atoms with van der Waals surface area (Å²) in [5.41, 5.74) is 3.51. The van der Waals surface area contributed by atoms with Crippen LogP contribution < -0.4 is 9.47 Å². The van der Waals surface area contributed by atoms with Crippen molar-refractivity contribution in [2.45, 2.75) is 18.7 Å². The Balaban J connectivity index is 1.58. The minimum atomic E-state index is -0.589. The molecule has 0 bridgehead atoms. The molecule has 0 radical (unpaired) electrons. The predicted octanol–water partition coefficient (Wildman–Crippen LogP) is 5.50. The van der Waals surface area contributed by atoms with Gasteiger partial charge in [0.25, 0.3) is 5.69 Å². The van der Waals surface area contributed by atoms with Gasteiger partial charge in [-0.05, 0) is 48.0 Å². The SMILES string of the molecule is COc1ccc(C2=NN3[C@H](C2)c2cc(Cl)ccc2O[C@@H]3c2cccc([N+](=O)[O-])c2)cc1. The van der Waals surface area contributed by atoms with Crippen molar-refractivity contribution >= 4 is 23.0 Å². The van der Waals surface area contributed by atoms with Crippen LogP contribution in [0, 0.1) is 10.1 Å². The molecule has 0 fully saturated rings. The largest absolute Gasteiger partial charge is 0.497 e. The van der Waals surface area contributed by atoms with Crippen molar-refractivity contribution in [3.8, 4) is 11.5 Å². The van der Waals surface area contributed by atoms with E-state index >= 15 is 0 Å². The van der Waals surface area contributed by atoms with Gasteiger partial charge in [0.15, 0.2) is 0 Å². The number of methoxy groups -OCH3 is 1. The Kier molecular flexibility index (Phi) is 4.75. The molecule has 31 heavy (non-hydrogen) atoms. The molecule has 2 heterocycles. The normalized spacial score (nSPS) is 19.2. The summed E-state index contributed by atoms with van der Waals surface area (Å²) >= 11 is 6.26. The molecule has 0 N–H and O–H groups in total. The van der Waals surface area contributed by atoms with Crippen LogP contribution in [0.3, 0.4) is 0 Å². The third-order valence-corrected chi connectivity index (χ3v) is 5.78.